The molecule has 0 saturated carbocycles. The lowest BCUT2D eigenvalue weighted by Gasteiger charge is -2.21. The third kappa shape index (κ3) is 5.62. The Morgan fingerprint density at radius 2 is 1.50 bits per heavy atom. The predicted octanol–water partition coefficient (Wildman–Crippen LogP) is 3.71. The van der Waals surface area contributed by atoms with E-state index < -0.39 is 0 Å². The van der Waals surface area contributed by atoms with E-state index in [0.717, 1.165) is 31.5 Å². The first-order valence-corrected chi connectivity index (χ1v) is 9.07. The second kappa shape index (κ2) is 9.61. The zero-order chi connectivity index (χ0) is 18.9. The number of anilines is 2. The Kier molecular flexibility index (Phi) is 7.21. The van der Waals surface area contributed by atoms with Crippen LogP contribution in [0.5, 0.6) is 0 Å². The maximum atomic E-state index is 12.6. The minimum atomic E-state index is -0.104. The molecule has 0 aliphatic rings. The quantitative estimate of drug-likeness (QED) is 0.710. The van der Waals surface area contributed by atoms with Crippen molar-refractivity contribution in [1.82, 2.24) is 4.90 Å². The molecular weight excluding hydrogens is 326 g/mol. The van der Waals surface area contributed by atoms with E-state index in [2.05, 4.69) is 19.2 Å². The molecule has 0 bridgehead atoms. The van der Waals surface area contributed by atoms with Gasteiger partial charge in [0.05, 0.1) is 6.42 Å². The summed E-state index contributed by atoms with van der Waals surface area (Å²) in [6.45, 7) is 5.64. The van der Waals surface area contributed by atoms with Gasteiger partial charge >= 0.3 is 0 Å². The maximum Gasteiger partial charge on any atom is 0.253 e. The van der Waals surface area contributed by atoms with E-state index in [1.165, 1.54) is 0 Å². The van der Waals surface area contributed by atoms with Gasteiger partial charge in [0.1, 0.15) is 0 Å². The zero-order valence-electron chi connectivity index (χ0n) is 15.5. The van der Waals surface area contributed by atoms with Crippen LogP contribution in [0.3, 0.4) is 0 Å². The van der Waals surface area contributed by atoms with Crippen LogP contribution in [-0.2, 0) is 11.2 Å². The number of hydrogen-bond acceptors (Lipinski definition) is 3. The molecule has 0 spiro atoms. The number of benzene rings is 2. The summed E-state index contributed by atoms with van der Waals surface area (Å²) in [6, 6.07) is 14.3. The van der Waals surface area contributed by atoms with Crippen LogP contribution in [-0.4, -0.2) is 29.8 Å². The van der Waals surface area contributed by atoms with Gasteiger partial charge in [-0.2, -0.15) is 0 Å². The van der Waals surface area contributed by atoms with Crippen LogP contribution in [0.4, 0.5) is 11.4 Å². The summed E-state index contributed by atoms with van der Waals surface area (Å²) >= 11 is 0. The van der Waals surface area contributed by atoms with Crippen LogP contribution in [0.1, 0.15) is 42.6 Å². The summed E-state index contributed by atoms with van der Waals surface area (Å²) in [5.41, 5.74) is 8.55. The molecule has 26 heavy (non-hydrogen) atoms. The van der Waals surface area contributed by atoms with Crippen LogP contribution in [0, 0.1) is 0 Å². The van der Waals surface area contributed by atoms with E-state index in [1.54, 1.807) is 36.4 Å². The largest absolute Gasteiger partial charge is 0.399 e. The molecule has 0 unspecified atom stereocenters. The Balaban J connectivity index is 1.96. The molecule has 0 aromatic heterocycles. The summed E-state index contributed by atoms with van der Waals surface area (Å²) < 4.78 is 0. The molecule has 0 atom stereocenters. The molecule has 0 radical (unpaired) electrons. The number of nitrogens with two attached hydrogens (primary N) is 1. The highest BCUT2D eigenvalue weighted by Gasteiger charge is 2.14. The summed E-state index contributed by atoms with van der Waals surface area (Å²) in [4.78, 5) is 26.6. The first kappa shape index (κ1) is 19.5. The van der Waals surface area contributed by atoms with Gasteiger partial charge in [-0.15, -0.1) is 0 Å². The van der Waals surface area contributed by atoms with Gasteiger partial charge in [-0.1, -0.05) is 26.0 Å². The van der Waals surface area contributed by atoms with Gasteiger partial charge in [0, 0.05) is 30.0 Å². The SMILES string of the molecule is CCCN(CCC)C(=O)c1ccc(NC(=O)Cc2ccc(N)cc2)cc1. The summed E-state index contributed by atoms with van der Waals surface area (Å²) in [7, 11) is 0. The molecule has 0 heterocycles. The Bertz CT molecular complexity index is 718. The van der Waals surface area contributed by atoms with Gasteiger partial charge in [0.15, 0.2) is 0 Å². The average molecular weight is 353 g/mol. The topological polar surface area (TPSA) is 75.4 Å². The molecule has 2 aromatic rings. The van der Waals surface area contributed by atoms with E-state index in [4.69, 9.17) is 5.73 Å². The van der Waals surface area contributed by atoms with Crippen LogP contribution in [0.15, 0.2) is 48.5 Å². The second-order valence-corrected chi connectivity index (χ2v) is 6.34. The molecule has 5 nitrogen and oxygen atoms in total. The van der Waals surface area contributed by atoms with Gasteiger partial charge in [0.2, 0.25) is 5.91 Å². The lowest BCUT2D eigenvalue weighted by Crippen LogP contribution is -2.32. The van der Waals surface area contributed by atoms with E-state index >= 15 is 0 Å². The van der Waals surface area contributed by atoms with Crippen molar-refractivity contribution in [3.05, 3.63) is 59.7 Å². The van der Waals surface area contributed by atoms with Gasteiger partial charge in [-0.3, -0.25) is 9.59 Å². The van der Waals surface area contributed by atoms with Crippen LogP contribution in [0.2, 0.25) is 0 Å². The zero-order valence-corrected chi connectivity index (χ0v) is 15.5. The molecule has 0 aliphatic carbocycles. The third-order valence-corrected chi connectivity index (χ3v) is 4.03. The van der Waals surface area contributed by atoms with Gasteiger partial charge in [-0.05, 0) is 54.8 Å². The van der Waals surface area contributed by atoms with E-state index in [0.29, 0.717) is 16.9 Å². The number of nitrogens with one attached hydrogen (secondary N) is 1. The Morgan fingerprint density at radius 1 is 0.923 bits per heavy atom. The molecule has 0 aliphatic heterocycles. The Morgan fingerprint density at radius 3 is 2.04 bits per heavy atom. The highest BCUT2D eigenvalue weighted by atomic mass is 16.2. The molecule has 138 valence electrons. The molecule has 5 heteroatoms. The fourth-order valence-electron chi connectivity index (χ4n) is 2.76. The Hall–Kier alpha value is -2.82. The third-order valence-electron chi connectivity index (χ3n) is 4.03. The molecule has 3 N–H and O–H groups in total. The first-order chi connectivity index (χ1) is 12.5. The highest BCUT2D eigenvalue weighted by molar-refractivity contribution is 5.96. The van der Waals surface area contributed by atoms with Gasteiger partial charge in [0.25, 0.3) is 5.91 Å². The van der Waals surface area contributed by atoms with Gasteiger partial charge in [-0.25, -0.2) is 0 Å². The van der Waals surface area contributed by atoms with Crippen molar-refractivity contribution in [2.24, 2.45) is 0 Å². The minimum Gasteiger partial charge on any atom is -0.399 e. The van der Waals surface area contributed by atoms with Crippen LogP contribution in [0.25, 0.3) is 0 Å². The fourth-order valence-corrected chi connectivity index (χ4v) is 2.76. The van der Waals surface area contributed by atoms with Crippen molar-refractivity contribution in [3.8, 4) is 0 Å². The van der Waals surface area contributed by atoms with Crippen molar-refractivity contribution >= 4 is 23.2 Å². The normalized spacial score (nSPS) is 10.4. The van der Waals surface area contributed by atoms with E-state index in [-0.39, 0.29) is 18.2 Å². The average Bonchev–Trinajstić information content (AvgIpc) is 2.63. The van der Waals surface area contributed by atoms with Crippen molar-refractivity contribution in [1.29, 1.82) is 0 Å². The number of hydrogen-bond donors (Lipinski definition) is 2. The van der Waals surface area contributed by atoms with Crippen molar-refractivity contribution in [2.45, 2.75) is 33.1 Å². The Labute approximate surface area is 155 Å². The van der Waals surface area contributed by atoms with Crippen LogP contribution < -0.4 is 11.1 Å². The summed E-state index contributed by atoms with van der Waals surface area (Å²) in [5.74, 6) is -0.0686. The number of carbonyl (C=O) groups is 2. The number of nitrogen functional groups attached to an aromatic ring is 1. The van der Waals surface area contributed by atoms with Crippen LogP contribution >= 0.6 is 0 Å². The minimum absolute atomic E-state index is 0.0356. The summed E-state index contributed by atoms with van der Waals surface area (Å²) in [6.07, 6.45) is 2.15. The highest BCUT2D eigenvalue weighted by Crippen LogP contribution is 2.13. The number of amides is 2. The molecule has 2 rings (SSSR count). The molecule has 2 aromatic carbocycles. The second-order valence-electron chi connectivity index (χ2n) is 6.34. The lowest BCUT2D eigenvalue weighted by atomic mass is 10.1. The van der Waals surface area contributed by atoms with Gasteiger partial charge < -0.3 is 16.0 Å². The van der Waals surface area contributed by atoms with Crippen molar-refractivity contribution in [2.75, 3.05) is 24.1 Å². The predicted molar refractivity (Wildman–Crippen MR) is 106 cm³/mol. The van der Waals surface area contributed by atoms with E-state index in [1.807, 2.05) is 17.0 Å². The monoisotopic (exact) mass is 353 g/mol. The molecular formula is C21H27N3O2. The lowest BCUT2D eigenvalue weighted by molar-refractivity contribution is -0.115. The smallest absolute Gasteiger partial charge is 0.253 e. The first-order valence-electron chi connectivity index (χ1n) is 9.07. The number of rotatable bonds is 8. The fraction of sp³-hybridized carbons (Fsp3) is 0.333. The van der Waals surface area contributed by atoms with Crippen molar-refractivity contribution in [3.63, 3.8) is 0 Å². The molecule has 2 amide bonds. The molecule has 0 fully saturated rings. The van der Waals surface area contributed by atoms with Crippen molar-refractivity contribution < 1.29 is 9.59 Å². The number of carbonyl (C=O) groups excluding carboxylic acids is 2. The summed E-state index contributed by atoms with van der Waals surface area (Å²) in [5, 5.41) is 2.86. The maximum absolute atomic E-state index is 12.6. The standard InChI is InChI=1S/C21H27N3O2/c1-3-13-24(14-4-2)21(26)17-7-11-19(12-8-17)23-20(25)15-16-5-9-18(22)10-6-16/h5-12H,3-4,13-15,22H2,1-2H3,(H,23,25). The van der Waals surface area contributed by atoms with E-state index in [9.17, 15) is 9.59 Å². The number of nitrogens with zero attached hydrogens (tertiary/aromatic N) is 1. The molecule has 0 saturated heterocycles.